The van der Waals surface area contributed by atoms with E-state index in [0.29, 0.717) is 5.69 Å². The predicted molar refractivity (Wildman–Crippen MR) is 107 cm³/mol. The number of rotatable bonds is 5. The van der Waals surface area contributed by atoms with Gasteiger partial charge in [-0.25, -0.2) is 0 Å². The fourth-order valence-corrected chi connectivity index (χ4v) is 3.90. The van der Waals surface area contributed by atoms with Crippen molar-refractivity contribution in [2.45, 2.75) is 38.6 Å². The van der Waals surface area contributed by atoms with Crippen molar-refractivity contribution >= 4 is 10.1 Å². The van der Waals surface area contributed by atoms with Gasteiger partial charge in [0.2, 0.25) is 0 Å². The van der Waals surface area contributed by atoms with Crippen molar-refractivity contribution in [2.24, 2.45) is 0 Å². The van der Waals surface area contributed by atoms with Gasteiger partial charge in [0, 0.05) is 29.7 Å². The average Bonchev–Trinajstić information content (AvgIpc) is 2.61. The van der Waals surface area contributed by atoms with E-state index < -0.39 is 10.1 Å². The van der Waals surface area contributed by atoms with E-state index >= 15 is 0 Å². The Balaban J connectivity index is 1.92. The summed E-state index contributed by atoms with van der Waals surface area (Å²) in [6.45, 7) is 7.40. The fraction of sp³-hybridized carbons (Fsp3) is 0.238. The minimum atomic E-state index is -4.01. The Kier molecular flexibility index (Phi) is 5.38. The summed E-state index contributed by atoms with van der Waals surface area (Å²) in [7, 11) is -4.01. The number of hydrogen-bond donors (Lipinski definition) is 0. The van der Waals surface area contributed by atoms with Crippen molar-refractivity contribution in [3.63, 3.8) is 0 Å². The minimum Gasteiger partial charge on any atom is -0.379 e. The van der Waals surface area contributed by atoms with E-state index in [0.717, 1.165) is 16.8 Å². The van der Waals surface area contributed by atoms with Crippen LogP contribution in [0.4, 0.5) is 0 Å². The summed E-state index contributed by atoms with van der Waals surface area (Å²) in [4.78, 5) is 17.0. The molecule has 6 nitrogen and oxygen atoms in total. The molecule has 0 bridgehead atoms. The van der Waals surface area contributed by atoms with Gasteiger partial charge in [-0.1, -0.05) is 23.8 Å². The van der Waals surface area contributed by atoms with Crippen LogP contribution in [-0.4, -0.2) is 18.0 Å². The monoisotopic (exact) mass is 398 g/mol. The van der Waals surface area contributed by atoms with Crippen molar-refractivity contribution in [3.05, 3.63) is 87.6 Å². The number of benzene rings is 1. The molecule has 0 aliphatic heterocycles. The Bertz CT molecular complexity index is 1150. The second-order valence-corrected chi connectivity index (χ2v) is 8.35. The summed E-state index contributed by atoms with van der Waals surface area (Å²) in [5.74, 6) is -0.00597. The minimum absolute atomic E-state index is 0.00597. The van der Waals surface area contributed by atoms with Gasteiger partial charge in [-0.2, -0.15) is 8.42 Å². The van der Waals surface area contributed by atoms with E-state index in [1.165, 1.54) is 18.2 Å². The topological polar surface area (TPSA) is 78.3 Å². The van der Waals surface area contributed by atoms with Gasteiger partial charge in [0.05, 0.1) is 6.04 Å². The molecule has 1 aromatic carbocycles. The largest absolute Gasteiger partial charge is 0.379 e. The summed E-state index contributed by atoms with van der Waals surface area (Å²) in [6, 6.07) is 12.6. The first-order valence-corrected chi connectivity index (χ1v) is 10.2. The molecule has 0 spiro atoms. The maximum absolute atomic E-state index is 12.7. The molecule has 1 atom stereocenters. The Morgan fingerprint density at radius 1 is 1.00 bits per heavy atom. The third-order valence-corrected chi connectivity index (χ3v) is 5.82. The number of aromatic nitrogens is 2. The first kappa shape index (κ1) is 19.8. The zero-order valence-electron chi connectivity index (χ0n) is 16.2. The van der Waals surface area contributed by atoms with Crippen LogP contribution in [0.15, 0.2) is 64.4 Å². The number of nitrogens with zero attached hydrogens (tertiary/aromatic N) is 2. The van der Waals surface area contributed by atoms with Crippen LogP contribution in [0, 0.1) is 20.8 Å². The standard InChI is InChI=1S/C21H22N2O4S/c1-14-5-9-20(10-6-14)28(25,26)27-19-11-16(3)23(21(24)12-19)17(4)18-8-7-15(2)22-13-18/h5-13,17H,1-4H3. The molecule has 3 aromatic rings. The molecule has 2 heterocycles. The van der Waals surface area contributed by atoms with E-state index in [1.807, 2.05) is 32.9 Å². The van der Waals surface area contributed by atoms with Gasteiger partial charge in [0.1, 0.15) is 10.6 Å². The lowest BCUT2D eigenvalue weighted by Crippen LogP contribution is -2.26. The molecule has 2 aromatic heterocycles. The van der Waals surface area contributed by atoms with Gasteiger partial charge in [0.25, 0.3) is 5.56 Å². The van der Waals surface area contributed by atoms with Gasteiger partial charge in [-0.15, -0.1) is 0 Å². The van der Waals surface area contributed by atoms with Crippen LogP contribution in [0.5, 0.6) is 5.75 Å². The first-order chi connectivity index (χ1) is 13.2. The van der Waals surface area contributed by atoms with Crippen LogP contribution in [-0.2, 0) is 10.1 Å². The first-order valence-electron chi connectivity index (χ1n) is 8.84. The van der Waals surface area contributed by atoms with Crippen LogP contribution in [0.1, 0.15) is 35.5 Å². The highest BCUT2D eigenvalue weighted by Gasteiger charge is 2.19. The van der Waals surface area contributed by atoms with E-state index in [4.69, 9.17) is 4.18 Å². The zero-order valence-corrected chi connectivity index (χ0v) is 17.0. The molecule has 0 saturated carbocycles. The van der Waals surface area contributed by atoms with Crippen molar-refractivity contribution in [2.75, 3.05) is 0 Å². The Morgan fingerprint density at radius 2 is 1.68 bits per heavy atom. The van der Waals surface area contributed by atoms with Gasteiger partial charge < -0.3 is 8.75 Å². The quantitative estimate of drug-likeness (QED) is 0.614. The molecular weight excluding hydrogens is 376 g/mol. The summed E-state index contributed by atoms with van der Waals surface area (Å²) in [5.41, 5.74) is 2.97. The average molecular weight is 398 g/mol. The van der Waals surface area contributed by atoms with Gasteiger partial charge >= 0.3 is 10.1 Å². The van der Waals surface area contributed by atoms with E-state index in [2.05, 4.69) is 4.98 Å². The normalized spacial score (nSPS) is 12.6. The summed E-state index contributed by atoms with van der Waals surface area (Å²) in [5, 5.41) is 0. The second-order valence-electron chi connectivity index (χ2n) is 6.80. The molecular formula is C21H22N2O4S. The second kappa shape index (κ2) is 7.59. The third kappa shape index (κ3) is 4.14. The van der Waals surface area contributed by atoms with Crippen molar-refractivity contribution in [3.8, 4) is 5.75 Å². The summed E-state index contributed by atoms with van der Waals surface area (Å²) >= 11 is 0. The Hall–Kier alpha value is -2.93. The van der Waals surface area contributed by atoms with Gasteiger partial charge in [-0.05, 0) is 51.5 Å². The molecule has 1 unspecified atom stereocenters. The van der Waals surface area contributed by atoms with Crippen LogP contribution < -0.4 is 9.74 Å². The molecule has 0 saturated heterocycles. The van der Waals surface area contributed by atoms with E-state index in [1.54, 1.807) is 35.9 Å². The zero-order chi connectivity index (χ0) is 20.5. The van der Waals surface area contributed by atoms with Gasteiger partial charge in [0.15, 0.2) is 0 Å². The maximum Gasteiger partial charge on any atom is 0.339 e. The Labute approximate surface area is 164 Å². The lowest BCUT2D eigenvalue weighted by molar-refractivity contribution is 0.482. The maximum atomic E-state index is 12.7. The molecule has 0 radical (unpaired) electrons. The fourth-order valence-electron chi connectivity index (χ4n) is 2.98. The molecule has 7 heteroatoms. The van der Waals surface area contributed by atoms with Crippen LogP contribution >= 0.6 is 0 Å². The highest BCUT2D eigenvalue weighted by molar-refractivity contribution is 7.87. The lowest BCUT2D eigenvalue weighted by atomic mass is 10.1. The molecule has 3 rings (SSSR count). The number of aryl methyl sites for hydroxylation is 3. The van der Waals surface area contributed by atoms with Crippen molar-refractivity contribution < 1.29 is 12.6 Å². The van der Waals surface area contributed by atoms with Gasteiger partial charge in [-0.3, -0.25) is 9.78 Å². The van der Waals surface area contributed by atoms with Crippen molar-refractivity contribution in [1.82, 2.24) is 9.55 Å². The molecule has 0 fully saturated rings. The van der Waals surface area contributed by atoms with Crippen LogP contribution in [0.2, 0.25) is 0 Å². The predicted octanol–water partition coefficient (Wildman–Crippen LogP) is 3.55. The molecule has 0 amide bonds. The summed E-state index contributed by atoms with van der Waals surface area (Å²) in [6.07, 6.45) is 1.73. The third-order valence-electron chi connectivity index (χ3n) is 4.55. The number of pyridine rings is 2. The summed E-state index contributed by atoms with van der Waals surface area (Å²) < 4.78 is 31.7. The lowest BCUT2D eigenvalue weighted by Gasteiger charge is -2.19. The van der Waals surface area contributed by atoms with Crippen LogP contribution in [0.3, 0.4) is 0 Å². The Morgan fingerprint density at radius 3 is 2.25 bits per heavy atom. The smallest absolute Gasteiger partial charge is 0.339 e. The molecule has 0 aliphatic carbocycles. The SMILES string of the molecule is Cc1ccc(S(=O)(=O)Oc2cc(C)n(C(C)c3ccc(C)nc3)c(=O)c2)cc1. The highest BCUT2D eigenvalue weighted by Crippen LogP contribution is 2.22. The molecule has 146 valence electrons. The van der Waals surface area contributed by atoms with Crippen LogP contribution in [0.25, 0.3) is 0 Å². The highest BCUT2D eigenvalue weighted by atomic mass is 32.2. The molecule has 0 aliphatic rings. The number of hydrogen-bond acceptors (Lipinski definition) is 5. The van der Waals surface area contributed by atoms with E-state index in [9.17, 15) is 13.2 Å². The van der Waals surface area contributed by atoms with Crippen molar-refractivity contribution in [1.29, 1.82) is 0 Å². The van der Waals surface area contributed by atoms with E-state index in [-0.39, 0.29) is 22.2 Å². The molecule has 28 heavy (non-hydrogen) atoms. The molecule has 0 N–H and O–H groups in total.